The van der Waals surface area contributed by atoms with Crippen molar-refractivity contribution in [2.45, 2.75) is 20.8 Å². The van der Waals surface area contributed by atoms with Crippen LogP contribution in [0.1, 0.15) is 17.2 Å². The number of rotatable bonds is 1. The van der Waals surface area contributed by atoms with Crippen molar-refractivity contribution >= 4 is 0 Å². The minimum Gasteiger partial charge on any atom is -0.258 e. The fraction of sp³-hybridized carbons (Fsp3) is 0.273. The Kier molecular flexibility index (Phi) is 2.41. The summed E-state index contributed by atoms with van der Waals surface area (Å²) in [7, 11) is 0. The topological polar surface area (TPSA) is 51.6 Å². The number of aryl methyl sites for hydroxylation is 3. The summed E-state index contributed by atoms with van der Waals surface area (Å²) in [6, 6.07) is 3.95. The first kappa shape index (κ1) is 9.71. The molecule has 0 aliphatic heterocycles. The lowest BCUT2D eigenvalue weighted by molar-refractivity contribution is 0.975. The highest BCUT2D eigenvalue weighted by Crippen LogP contribution is 2.17. The molecule has 0 spiro atoms. The third-order valence-electron chi connectivity index (χ3n) is 2.16. The molecule has 0 atom stereocenters. The summed E-state index contributed by atoms with van der Waals surface area (Å²) in [4.78, 5) is 16.8. The molecule has 0 bridgehead atoms. The Hall–Kier alpha value is -1.84. The average molecular weight is 200 g/mol. The third-order valence-corrected chi connectivity index (χ3v) is 2.16. The van der Waals surface area contributed by atoms with Crippen LogP contribution in [-0.4, -0.2) is 19.9 Å². The average Bonchev–Trinajstić information content (AvgIpc) is 2.17. The Labute approximate surface area is 88.5 Å². The fourth-order valence-electron chi connectivity index (χ4n) is 1.43. The van der Waals surface area contributed by atoms with Gasteiger partial charge in [0.25, 0.3) is 0 Å². The molecule has 2 aromatic rings. The summed E-state index contributed by atoms with van der Waals surface area (Å²) in [5, 5.41) is 0. The van der Waals surface area contributed by atoms with E-state index in [-0.39, 0.29) is 0 Å². The summed E-state index contributed by atoms with van der Waals surface area (Å²) in [6.45, 7) is 5.78. The molecule has 4 nitrogen and oxygen atoms in total. The van der Waals surface area contributed by atoms with Gasteiger partial charge in [-0.15, -0.1) is 0 Å². The van der Waals surface area contributed by atoms with Crippen molar-refractivity contribution in [3.8, 4) is 11.4 Å². The van der Waals surface area contributed by atoms with Crippen LogP contribution in [0.4, 0.5) is 0 Å². The zero-order valence-electron chi connectivity index (χ0n) is 9.02. The van der Waals surface area contributed by atoms with Crippen molar-refractivity contribution in [3.05, 3.63) is 35.7 Å². The Morgan fingerprint density at radius 1 is 0.933 bits per heavy atom. The number of aromatic nitrogens is 4. The monoisotopic (exact) mass is 200 g/mol. The molecule has 0 radical (unpaired) electrons. The highest BCUT2D eigenvalue weighted by molar-refractivity contribution is 5.57. The van der Waals surface area contributed by atoms with Gasteiger partial charge in [0.1, 0.15) is 12.2 Å². The van der Waals surface area contributed by atoms with Gasteiger partial charge in [-0.25, -0.2) is 15.0 Å². The lowest BCUT2D eigenvalue weighted by atomic mass is 10.2. The Morgan fingerprint density at radius 2 is 1.73 bits per heavy atom. The molecule has 0 aliphatic carbocycles. The van der Waals surface area contributed by atoms with Crippen LogP contribution in [0, 0.1) is 20.8 Å². The molecule has 0 saturated carbocycles. The van der Waals surface area contributed by atoms with E-state index in [1.165, 1.54) is 6.33 Å². The van der Waals surface area contributed by atoms with Gasteiger partial charge in [-0.3, -0.25) is 4.98 Å². The second kappa shape index (κ2) is 3.73. The van der Waals surface area contributed by atoms with E-state index in [0.29, 0.717) is 5.82 Å². The highest BCUT2D eigenvalue weighted by Gasteiger charge is 2.06. The number of pyridine rings is 1. The molecule has 15 heavy (non-hydrogen) atoms. The second-order valence-corrected chi connectivity index (χ2v) is 3.44. The normalized spacial score (nSPS) is 10.3. The summed E-state index contributed by atoms with van der Waals surface area (Å²) in [5.41, 5.74) is 2.91. The van der Waals surface area contributed by atoms with Gasteiger partial charge in [0.15, 0.2) is 5.82 Å². The molecule has 2 rings (SSSR count). The fourth-order valence-corrected chi connectivity index (χ4v) is 1.43. The minimum absolute atomic E-state index is 0.688. The lowest BCUT2D eigenvalue weighted by Crippen LogP contribution is -1.97. The zero-order chi connectivity index (χ0) is 10.8. The van der Waals surface area contributed by atoms with Crippen LogP contribution >= 0.6 is 0 Å². The van der Waals surface area contributed by atoms with Crippen LogP contribution in [0.3, 0.4) is 0 Å². The standard InChI is InChI=1S/C11H12N4/c1-7-4-5-10(8(2)14-7)11-13-6-12-9(3)15-11/h4-6H,1-3H3. The Balaban J connectivity index is 2.54. The second-order valence-electron chi connectivity index (χ2n) is 3.44. The molecule has 2 heterocycles. The number of hydrogen-bond donors (Lipinski definition) is 0. The molecule has 2 aromatic heterocycles. The van der Waals surface area contributed by atoms with E-state index in [1.54, 1.807) is 0 Å². The molecule has 0 fully saturated rings. The predicted molar refractivity (Wildman–Crippen MR) is 57.3 cm³/mol. The van der Waals surface area contributed by atoms with Crippen molar-refractivity contribution in [1.29, 1.82) is 0 Å². The maximum absolute atomic E-state index is 4.38. The maximum Gasteiger partial charge on any atom is 0.164 e. The predicted octanol–water partition coefficient (Wildman–Crippen LogP) is 1.86. The maximum atomic E-state index is 4.38. The Morgan fingerprint density at radius 3 is 2.40 bits per heavy atom. The molecule has 0 unspecified atom stereocenters. The molecule has 0 aromatic carbocycles. The molecule has 4 heteroatoms. The quantitative estimate of drug-likeness (QED) is 0.705. The first-order valence-electron chi connectivity index (χ1n) is 4.77. The lowest BCUT2D eigenvalue weighted by Gasteiger charge is -2.04. The SMILES string of the molecule is Cc1ccc(-c2ncnc(C)n2)c(C)n1. The van der Waals surface area contributed by atoms with Crippen LogP contribution in [-0.2, 0) is 0 Å². The molecular formula is C11H12N4. The van der Waals surface area contributed by atoms with E-state index in [1.807, 2.05) is 32.9 Å². The van der Waals surface area contributed by atoms with Crippen molar-refractivity contribution in [2.75, 3.05) is 0 Å². The molecule has 0 N–H and O–H groups in total. The van der Waals surface area contributed by atoms with Crippen molar-refractivity contribution in [2.24, 2.45) is 0 Å². The van der Waals surface area contributed by atoms with E-state index in [0.717, 1.165) is 22.8 Å². The van der Waals surface area contributed by atoms with Crippen LogP contribution in [0.15, 0.2) is 18.5 Å². The number of hydrogen-bond acceptors (Lipinski definition) is 4. The first-order chi connectivity index (χ1) is 7.16. The van der Waals surface area contributed by atoms with E-state index in [2.05, 4.69) is 19.9 Å². The van der Waals surface area contributed by atoms with Crippen molar-refractivity contribution in [1.82, 2.24) is 19.9 Å². The molecule has 0 amide bonds. The third kappa shape index (κ3) is 1.98. The van der Waals surface area contributed by atoms with Crippen LogP contribution in [0.5, 0.6) is 0 Å². The van der Waals surface area contributed by atoms with E-state index >= 15 is 0 Å². The molecule has 0 aliphatic rings. The smallest absolute Gasteiger partial charge is 0.164 e. The minimum atomic E-state index is 0.688. The number of nitrogens with zero attached hydrogens (tertiary/aromatic N) is 4. The van der Waals surface area contributed by atoms with Crippen molar-refractivity contribution < 1.29 is 0 Å². The molecule has 0 saturated heterocycles. The van der Waals surface area contributed by atoms with Gasteiger partial charge in [-0.1, -0.05) is 0 Å². The van der Waals surface area contributed by atoms with Gasteiger partial charge in [0.05, 0.1) is 0 Å². The summed E-state index contributed by atoms with van der Waals surface area (Å²) in [6.07, 6.45) is 1.52. The van der Waals surface area contributed by atoms with Crippen LogP contribution in [0.25, 0.3) is 11.4 Å². The molecule has 76 valence electrons. The first-order valence-corrected chi connectivity index (χ1v) is 4.77. The Bertz CT molecular complexity index is 494. The molecular weight excluding hydrogens is 188 g/mol. The largest absolute Gasteiger partial charge is 0.258 e. The van der Waals surface area contributed by atoms with Gasteiger partial charge in [-0.2, -0.15) is 0 Å². The van der Waals surface area contributed by atoms with Gasteiger partial charge >= 0.3 is 0 Å². The summed E-state index contributed by atoms with van der Waals surface area (Å²) >= 11 is 0. The van der Waals surface area contributed by atoms with E-state index in [4.69, 9.17) is 0 Å². The van der Waals surface area contributed by atoms with Crippen molar-refractivity contribution in [3.63, 3.8) is 0 Å². The van der Waals surface area contributed by atoms with Crippen LogP contribution < -0.4 is 0 Å². The van der Waals surface area contributed by atoms with Gasteiger partial charge < -0.3 is 0 Å². The van der Waals surface area contributed by atoms with E-state index in [9.17, 15) is 0 Å². The summed E-state index contributed by atoms with van der Waals surface area (Å²) < 4.78 is 0. The van der Waals surface area contributed by atoms with Crippen LogP contribution in [0.2, 0.25) is 0 Å². The summed E-state index contributed by atoms with van der Waals surface area (Å²) in [5.74, 6) is 1.41. The highest BCUT2D eigenvalue weighted by atomic mass is 15.0. The van der Waals surface area contributed by atoms with Gasteiger partial charge in [0, 0.05) is 17.0 Å². The van der Waals surface area contributed by atoms with Gasteiger partial charge in [-0.05, 0) is 32.9 Å². The van der Waals surface area contributed by atoms with Gasteiger partial charge in [0.2, 0.25) is 0 Å². The van der Waals surface area contributed by atoms with E-state index < -0.39 is 0 Å². The zero-order valence-corrected chi connectivity index (χ0v) is 9.02.